The van der Waals surface area contributed by atoms with E-state index in [1.54, 1.807) is 0 Å². The van der Waals surface area contributed by atoms with Crippen LogP contribution in [-0.4, -0.2) is 18.6 Å². The molecule has 4 nitrogen and oxygen atoms in total. The molecule has 1 unspecified atom stereocenters. The van der Waals surface area contributed by atoms with Gasteiger partial charge in [-0.2, -0.15) is 0 Å². The molecule has 2 N–H and O–H groups in total. The third-order valence-corrected chi connectivity index (χ3v) is 4.08. The third kappa shape index (κ3) is 3.31. The first-order valence-electron chi connectivity index (χ1n) is 8.10. The van der Waals surface area contributed by atoms with Crippen molar-refractivity contribution in [3.8, 4) is 5.75 Å². The number of hydrogen-bond donors (Lipinski definition) is 1. The van der Waals surface area contributed by atoms with Gasteiger partial charge in [0.15, 0.2) is 6.10 Å². The van der Waals surface area contributed by atoms with Gasteiger partial charge in [0.25, 0.3) is 5.91 Å². The van der Waals surface area contributed by atoms with Gasteiger partial charge in [-0.15, -0.1) is 0 Å². The van der Waals surface area contributed by atoms with E-state index in [9.17, 15) is 4.79 Å². The lowest BCUT2D eigenvalue weighted by Crippen LogP contribution is -2.47. The number of anilines is 2. The van der Waals surface area contributed by atoms with Gasteiger partial charge in [-0.1, -0.05) is 43.7 Å². The van der Waals surface area contributed by atoms with E-state index in [1.165, 1.54) is 0 Å². The van der Waals surface area contributed by atoms with Crippen molar-refractivity contribution >= 4 is 17.3 Å². The fourth-order valence-electron chi connectivity index (χ4n) is 2.85. The Morgan fingerprint density at radius 1 is 1.17 bits per heavy atom. The second-order valence-electron chi connectivity index (χ2n) is 5.87. The van der Waals surface area contributed by atoms with Crippen LogP contribution in [0.15, 0.2) is 48.5 Å². The molecule has 3 rings (SSSR count). The van der Waals surface area contributed by atoms with Gasteiger partial charge in [-0.25, -0.2) is 0 Å². The van der Waals surface area contributed by atoms with Crippen LogP contribution >= 0.6 is 0 Å². The molecule has 1 aliphatic heterocycles. The zero-order valence-corrected chi connectivity index (χ0v) is 13.4. The maximum absolute atomic E-state index is 12.9. The Balaban J connectivity index is 1.89. The number of unbranched alkanes of at least 4 members (excludes halogenated alkanes) is 1. The lowest BCUT2D eigenvalue weighted by Gasteiger charge is -2.34. The molecular weight excluding hydrogens is 288 g/mol. The first-order valence-corrected chi connectivity index (χ1v) is 8.10. The predicted octanol–water partition coefficient (Wildman–Crippen LogP) is 3.41. The highest BCUT2D eigenvalue weighted by Gasteiger charge is 2.34. The number of nitrogens with zero attached hydrogens (tertiary/aromatic N) is 1. The minimum atomic E-state index is -0.481. The maximum Gasteiger partial charge on any atom is 0.268 e. The summed E-state index contributed by atoms with van der Waals surface area (Å²) in [6.45, 7) is 2.81. The Labute approximate surface area is 136 Å². The minimum absolute atomic E-state index is 0.0143. The molecule has 0 aromatic heterocycles. The minimum Gasteiger partial charge on any atom is -0.478 e. The summed E-state index contributed by atoms with van der Waals surface area (Å²) >= 11 is 0. The molecule has 1 atom stereocenters. The van der Waals surface area contributed by atoms with Crippen molar-refractivity contribution in [2.45, 2.75) is 32.3 Å². The quantitative estimate of drug-likeness (QED) is 0.861. The molecule has 2 aromatic carbocycles. The SMILES string of the molecule is CCCCN1C(=O)C(Cc2ccccc2)Oc2ccc(N)cc21. The lowest BCUT2D eigenvalue weighted by molar-refractivity contribution is -0.126. The number of nitrogens with two attached hydrogens (primary N) is 1. The van der Waals surface area contributed by atoms with Gasteiger partial charge in [0, 0.05) is 18.7 Å². The van der Waals surface area contributed by atoms with Gasteiger partial charge in [-0.05, 0) is 30.2 Å². The summed E-state index contributed by atoms with van der Waals surface area (Å²) in [5, 5.41) is 0. The van der Waals surface area contributed by atoms with Crippen LogP contribution < -0.4 is 15.4 Å². The Hall–Kier alpha value is -2.49. The van der Waals surface area contributed by atoms with Gasteiger partial charge >= 0.3 is 0 Å². The summed E-state index contributed by atoms with van der Waals surface area (Å²) in [5.74, 6) is 0.747. The average molecular weight is 310 g/mol. The maximum atomic E-state index is 12.9. The molecule has 0 spiro atoms. The highest BCUT2D eigenvalue weighted by atomic mass is 16.5. The topological polar surface area (TPSA) is 55.6 Å². The van der Waals surface area contributed by atoms with E-state index in [2.05, 4.69) is 6.92 Å². The molecule has 23 heavy (non-hydrogen) atoms. The van der Waals surface area contributed by atoms with E-state index in [4.69, 9.17) is 10.5 Å². The third-order valence-electron chi connectivity index (χ3n) is 4.08. The number of amides is 1. The molecule has 0 aliphatic carbocycles. The largest absolute Gasteiger partial charge is 0.478 e. The van der Waals surface area contributed by atoms with Crippen LogP contribution in [0.5, 0.6) is 5.75 Å². The monoisotopic (exact) mass is 310 g/mol. The first-order chi connectivity index (χ1) is 11.2. The fraction of sp³-hybridized carbons (Fsp3) is 0.316. The van der Waals surface area contributed by atoms with Crippen LogP contribution in [0.4, 0.5) is 11.4 Å². The van der Waals surface area contributed by atoms with Crippen molar-refractivity contribution in [1.29, 1.82) is 0 Å². The van der Waals surface area contributed by atoms with E-state index < -0.39 is 6.10 Å². The van der Waals surface area contributed by atoms with Crippen molar-refractivity contribution in [1.82, 2.24) is 0 Å². The standard InChI is InChI=1S/C19H22N2O2/c1-2-3-11-21-16-13-15(20)9-10-17(16)23-18(19(21)22)12-14-7-5-4-6-8-14/h4-10,13,18H,2-3,11-12,20H2,1H3. The molecule has 2 aromatic rings. The smallest absolute Gasteiger partial charge is 0.268 e. The lowest BCUT2D eigenvalue weighted by atomic mass is 10.0. The first kappa shape index (κ1) is 15.4. The van der Waals surface area contributed by atoms with E-state index in [-0.39, 0.29) is 5.91 Å². The van der Waals surface area contributed by atoms with Crippen molar-refractivity contribution in [3.63, 3.8) is 0 Å². The number of ether oxygens (including phenoxy) is 1. The summed E-state index contributed by atoms with van der Waals surface area (Å²) in [7, 11) is 0. The van der Waals surface area contributed by atoms with E-state index in [0.29, 0.717) is 18.7 Å². The molecule has 0 fully saturated rings. The highest BCUT2D eigenvalue weighted by molar-refractivity contribution is 6.00. The summed E-state index contributed by atoms with van der Waals surface area (Å²) in [6.07, 6.45) is 2.08. The Bertz CT molecular complexity index is 685. The molecule has 4 heteroatoms. The zero-order valence-electron chi connectivity index (χ0n) is 13.4. The van der Waals surface area contributed by atoms with Crippen molar-refractivity contribution in [3.05, 3.63) is 54.1 Å². The van der Waals surface area contributed by atoms with Gasteiger partial charge in [0.1, 0.15) is 5.75 Å². The van der Waals surface area contributed by atoms with Crippen LogP contribution in [0, 0.1) is 0 Å². The van der Waals surface area contributed by atoms with Gasteiger partial charge < -0.3 is 15.4 Å². The Kier molecular flexibility index (Phi) is 4.51. The van der Waals surface area contributed by atoms with Crippen LogP contribution in [0.25, 0.3) is 0 Å². The van der Waals surface area contributed by atoms with E-state index in [1.807, 2.05) is 53.4 Å². The number of hydrogen-bond acceptors (Lipinski definition) is 3. The number of rotatable bonds is 5. The highest BCUT2D eigenvalue weighted by Crippen LogP contribution is 2.36. The van der Waals surface area contributed by atoms with Crippen LogP contribution in [0.2, 0.25) is 0 Å². The average Bonchev–Trinajstić information content (AvgIpc) is 2.56. The second-order valence-corrected chi connectivity index (χ2v) is 5.87. The Morgan fingerprint density at radius 3 is 2.70 bits per heavy atom. The molecule has 120 valence electrons. The zero-order chi connectivity index (χ0) is 16.2. The van der Waals surface area contributed by atoms with Crippen molar-refractivity contribution in [2.75, 3.05) is 17.2 Å². The van der Waals surface area contributed by atoms with E-state index in [0.717, 1.165) is 29.8 Å². The molecular formula is C19H22N2O2. The van der Waals surface area contributed by atoms with Crippen LogP contribution in [-0.2, 0) is 11.2 Å². The summed E-state index contributed by atoms with van der Waals surface area (Å²) in [4.78, 5) is 14.7. The molecule has 0 bridgehead atoms. The fourth-order valence-corrected chi connectivity index (χ4v) is 2.85. The van der Waals surface area contributed by atoms with Gasteiger partial charge in [0.05, 0.1) is 5.69 Å². The van der Waals surface area contributed by atoms with E-state index >= 15 is 0 Å². The number of fused-ring (bicyclic) bond motifs is 1. The number of benzene rings is 2. The summed E-state index contributed by atoms with van der Waals surface area (Å²) in [6, 6.07) is 15.5. The van der Waals surface area contributed by atoms with Crippen LogP contribution in [0.3, 0.4) is 0 Å². The van der Waals surface area contributed by atoms with Crippen molar-refractivity contribution < 1.29 is 9.53 Å². The molecule has 0 radical (unpaired) electrons. The number of nitrogen functional groups attached to an aromatic ring is 1. The molecule has 1 aliphatic rings. The molecule has 1 amide bonds. The second kappa shape index (κ2) is 6.73. The molecule has 0 saturated carbocycles. The van der Waals surface area contributed by atoms with Gasteiger partial charge in [0.2, 0.25) is 0 Å². The number of carbonyl (C=O) groups excluding carboxylic acids is 1. The van der Waals surface area contributed by atoms with Gasteiger partial charge in [-0.3, -0.25) is 4.79 Å². The molecule has 0 saturated heterocycles. The Morgan fingerprint density at radius 2 is 1.96 bits per heavy atom. The number of carbonyl (C=O) groups is 1. The molecule has 1 heterocycles. The summed E-state index contributed by atoms with van der Waals surface area (Å²) in [5.41, 5.74) is 8.41. The predicted molar refractivity (Wildman–Crippen MR) is 92.7 cm³/mol. The van der Waals surface area contributed by atoms with Crippen molar-refractivity contribution in [2.24, 2.45) is 0 Å². The van der Waals surface area contributed by atoms with Crippen LogP contribution in [0.1, 0.15) is 25.3 Å². The normalized spacial score (nSPS) is 16.8. The summed E-state index contributed by atoms with van der Waals surface area (Å²) < 4.78 is 5.97.